The fourth-order valence-electron chi connectivity index (χ4n) is 3.61. The Bertz CT molecular complexity index is 797. The van der Waals surface area contributed by atoms with Gasteiger partial charge in [0.25, 0.3) is 5.56 Å². The average molecular weight is 317 g/mol. The Morgan fingerprint density at radius 3 is 2.65 bits per heavy atom. The van der Waals surface area contributed by atoms with Crippen LogP contribution in [-0.4, -0.2) is 27.2 Å². The third-order valence-electron chi connectivity index (χ3n) is 4.68. The van der Waals surface area contributed by atoms with E-state index in [0.29, 0.717) is 23.5 Å². The number of fused-ring (bicyclic) bond motifs is 1. The number of nitrogens with zero attached hydrogens (tertiary/aromatic N) is 2. The van der Waals surface area contributed by atoms with Gasteiger partial charge in [0.2, 0.25) is 0 Å². The lowest BCUT2D eigenvalue weighted by molar-refractivity contribution is 0.0527. The van der Waals surface area contributed by atoms with Gasteiger partial charge < -0.3 is 4.74 Å². The molecule has 0 radical (unpaired) electrons. The number of hydrogen-bond donors (Lipinski definition) is 1. The molecule has 2 aromatic heterocycles. The Balaban J connectivity index is 2.17. The highest BCUT2D eigenvalue weighted by Crippen LogP contribution is 2.32. The molecule has 1 aliphatic carbocycles. The number of hydrogen-bond acceptors (Lipinski definition) is 4. The van der Waals surface area contributed by atoms with Crippen LogP contribution in [0.2, 0.25) is 0 Å². The van der Waals surface area contributed by atoms with Crippen molar-refractivity contribution in [3.63, 3.8) is 0 Å². The van der Waals surface area contributed by atoms with Crippen molar-refractivity contribution in [1.82, 2.24) is 14.6 Å². The number of carbonyl (C=O) groups is 1. The number of aryl methyl sites for hydroxylation is 2. The average Bonchev–Trinajstić information content (AvgIpc) is 2.85. The molecule has 2 aromatic rings. The smallest absolute Gasteiger partial charge is 0.343 e. The lowest BCUT2D eigenvalue weighted by atomic mass is 9.84. The molecule has 124 valence electrons. The first-order valence-electron chi connectivity index (χ1n) is 8.33. The molecule has 1 aliphatic rings. The maximum Gasteiger partial charge on any atom is 0.343 e. The number of ether oxygens (including phenoxy) is 1. The molecule has 0 bridgehead atoms. The minimum absolute atomic E-state index is 0.0851. The van der Waals surface area contributed by atoms with Crippen LogP contribution in [-0.2, 0) is 4.74 Å². The van der Waals surface area contributed by atoms with Crippen LogP contribution in [0, 0.1) is 13.8 Å². The quantitative estimate of drug-likeness (QED) is 0.883. The summed E-state index contributed by atoms with van der Waals surface area (Å²) < 4.78 is 6.49. The van der Waals surface area contributed by atoms with Crippen LogP contribution in [0.15, 0.2) is 4.79 Å². The third-order valence-corrected chi connectivity index (χ3v) is 4.68. The molecular formula is C17H23N3O3. The molecule has 0 amide bonds. The number of esters is 1. The summed E-state index contributed by atoms with van der Waals surface area (Å²) in [7, 11) is 0. The second-order valence-electron chi connectivity index (χ2n) is 6.24. The summed E-state index contributed by atoms with van der Waals surface area (Å²) in [6, 6.07) is 0. The summed E-state index contributed by atoms with van der Waals surface area (Å²) in [6.45, 7) is 5.67. The van der Waals surface area contributed by atoms with Crippen molar-refractivity contribution in [2.75, 3.05) is 6.61 Å². The monoisotopic (exact) mass is 317 g/mol. The van der Waals surface area contributed by atoms with Crippen LogP contribution in [0.25, 0.3) is 5.65 Å². The summed E-state index contributed by atoms with van der Waals surface area (Å²) in [5.74, 6) is -0.171. The Labute approximate surface area is 134 Å². The molecular weight excluding hydrogens is 294 g/mol. The first-order chi connectivity index (χ1) is 11.0. The number of aromatic nitrogens is 3. The van der Waals surface area contributed by atoms with E-state index in [1.165, 1.54) is 10.9 Å². The summed E-state index contributed by atoms with van der Waals surface area (Å²) in [5, 5.41) is 2.98. The van der Waals surface area contributed by atoms with E-state index in [0.717, 1.165) is 36.9 Å². The summed E-state index contributed by atoms with van der Waals surface area (Å²) in [4.78, 5) is 29.7. The highest BCUT2D eigenvalue weighted by Gasteiger charge is 2.26. The van der Waals surface area contributed by atoms with E-state index in [-0.39, 0.29) is 11.5 Å². The Kier molecular flexibility index (Phi) is 4.24. The van der Waals surface area contributed by atoms with E-state index in [1.54, 1.807) is 13.8 Å². The second-order valence-corrected chi connectivity index (χ2v) is 6.24. The highest BCUT2D eigenvalue weighted by molar-refractivity contribution is 5.97. The van der Waals surface area contributed by atoms with Crippen molar-refractivity contribution in [3.8, 4) is 0 Å². The number of aromatic amines is 1. The van der Waals surface area contributed by atoms with Crippen molar-refractivity contribution in [2.45, 2.75) is 58.8 Å². The zero-order chi connectivity index (χ0) is 16.6. The van der Waals surface area contributed by atoms with Gasteiger partial charge in [-0.15, -0.1) is 0 Å². The molecule has 23 heavy (non-hydrogen) atoms. The third kappa shape index (κ3) is 2.66. The number of rotatable bonds is 3. The standard InChI is InChI=1S/C17H23N3O3/c1-4-23-17(22)14-11(3)19-20-15(14)18-10(2)13(16(20)21)12-8-6-5-7-9-12/h12,19H,4-9H2,1-3H3. The molecule has 1 fully saturated rings. The minimum atomic E-state index is -0.444. The van der Waals surface area contributed by atoms with Gasteiger partial charge in [-0.2, -0.15) is 0 Å². The first kappa shape index (κ1) is 15.8. The van der Waals surface area contributed by atoms with Crippen LogP contribution in [0.1, 0.15) is 72.3 Å². The molecule has 0 saturated heterocycles. The normalized spacial score (nSPS) is 16.0. The lowest BCUT2D eigenvalue weighted by Crippen LogP contribution is -2.25. The van der Waals surface area contributed by atoms with Gasteiger partial charge in [-0.25, -0.2) is 14.3 Å². The summed E-state index contributed by atoms with van der Waals surface area (Å²) in [5.41, 5.74) is 2.75. The van der Waals surface area contributed by atoms with E-state index < -0.39 is 5.97 Å². The van der Waals surface area contributed by atoms with Gasteiger partial charge in [-0.05, 0) is 39.5 Å². The van der Waals surface area contributed by atoms with Gasteiger partial charge in [0, 0.05) is 17.0 Å². The Hall–Kier alpha value is -2.11. The van der Waals surface area contributed by atoms with Crippen molar-refractivity contribution in [2.24, 2.45) is 0 Å². The van der Waals surface area contributed by atoms with Crippen molar-refractivity contribution < 1.29 is 9.53 Å². The van der Waals surface area contributed by atoms with Crippen LogP contribution in [0.5, 0.6) is 0 Å². The maximum absolute atomic E-state index is 12.9. The molecule has 1 saturated carbocycles. The van der Waals surface area contributed by atoms with E-state index in [9.17, 15) is 9.59 Å². The van der Waals surface area contributed by atoms with Crippen LogP contribution in [0.4, 0.5) is 0 Å². The van der Waals surface area contributed by atoms with Gasteiger partial charge >= 0.3 is 5.97 Å². The van der Waals surface area contributed by atoms with Crippen LogP contribution < -0.4 is 5.56 Å². The number of carbonyl (C=O) groups excluding carboxylic acids is 1. The van der Waals surface area contributed by atoms with Crippen molar-refractivity contribution in [3.05, 3.63) is 32.9 Å². The maximum atomic E-state index is 12.9. The van der Waals surface area contributed by atoms with Crippen molar-refractivity contribution >= 4 is 11.6 Å². The largest absolute Gasteiger partial charge is 0.462 e. The molecule has 0 spiro atoms. The van der Waals surface area contributed by atoms with Crippen LogP contribution >= 0.6 is 0 Å². The highest BCUT2D eigenvalue weighted by atomic mass is 16.5. The van der Waals surface area contributed by atoms with E-state index in [4.69, 9.17) is 4.74 Å². The summed E-state index contributed by atoms with van der Waals surface area (Å²) >= 11 is 0. The van der Waals surface area contributed by atoms with Crippen LogP contribution in [0.3, 0.4) is 0 Å². The van der Waals surface area contributed by atoms with E-state index in [2.05, 4.69) is 10.1 Å². The first-order valence-corrected chi connectivity index (χ1v) is 8.33. The molecule has 6 heteroatoms. The SMILES string of the molecule is CCOC(=O)c1c(C)[nH]n2c(=O)c(C3CCCCC3)c(C)nc12. The topological polar surface area (TPSA) is 76.5 Å². The predicted octanol–water partition coefficient (Wildman–Crippen LogP) is 2.86. The zero-order valence-corrected chi connectivity index (χ0v) is 13.9. The van der Waals surface area contributed by atoms with Gasteiger partial charge in [0.05, 0.1) is 6.61 Å². The molecule has 0 unspecified atom stereocenters. The second kappa shape index (κ2) is 6.18. The summed E-state index contributed by atoms with van der Waals surface area (Å²) in [6.07, 6.45) is 5.62. The predicted molar refractivity (Wildman–Crippen MR) is 87.1 cm³/mol. The minimum Gasteiger partial charge on any atom is -0.462 e. The number of H-pyrrole nitrogens is 1. The Morgan fingerprint density at radius 2 is 2.00 bits per heavy atom. The van der Waals surface area contributed by atoms with Gasteiger partial charge in [0.15, 0.2) is 5.65 Å². The van der Waals surface area contributed by atoms with Gasteiger partial charge in [-0.1, -0.05) is 19.3 Å². The molecule has 2 heterocycles. The molecule has 0 aromatic carbocycles. The van der Waals surface area contributed by atoms with Gasteiger partial charge in [0.1, 0.15) is 5.56 Å². The molecule has 0 aliphatic heterocycles. The molecule has 6 nitrogen and oxygen atoms in total. The molecule has 1 N–H and O–H groups in total. The zero-order valence-electron chi connectivity index (χ0n) is 13.9. The van der Waals surface area contributed by atoms with Crippen molar-refractivity contribution in [1.29, 1.82) is 0 Å². The lowest BCUT2D eigenvalue weighted by Gasteiger charge is -2.22. The van der Waals surface area contributed by atoms with E-state index in [1.807, 2.05) is 6.92 Å². The fourth-order valence-corrected chi connectivity index (χ4v) is 3.61. The number of nitrogens with one attached hydrogen (secondary N) is 1. The molecule has 3 rings (SSSR count). The van der Waals surface area contributed by atoms with Gasteiger partial charge in [-0.3, -0.25) is 9.89 Å². The fraction of sp³-hybridized carbons (Fsp3) is 0.588. The molecule has 0 atom stereocenters. The van der Waals surface area contributed by atoms with E-state index >= 15 is 0 Å². The Morgan fingerprint density at radius 1 is 1.30 bits per heavy atom.